The minimum atomic E-state index is -0.340. The van der Waals surface area contributed by atoms with Crippen molar-refractivity contribution in [2.75, 3.05) is 57.8 Å². The summed E-state index contributed by atoms with van der Waals surface area (Å²) in [7, 11) is 2.16. The molecule has 1 aromatic carbocycles. The molecule has 5 rings (SSSR count). The number of hydrogen-bond donors (Lipinski definition) is 1. The number of benzene rings is 1. The molecule has 0 bridgehead atoms. The summed E-state index contributed by atoms with van der Waals surface area (Å²) in [5.74, 6) is 0.794. The summed E-state index contributed by atoms with van der Waals surface area (Å²) in [4.78, 5) is 6.93. The molecule has 0 saturated carbocycles. The fourth-order valence-corrected chi connectivity index (χ4v) is 4.71. The van der Waals surface area contributed by atoms with Crippen molar-refractivity contribution in [3.8, 4) is 11.3 Å². The number of aliphatic hydroxyl groups excluding tert-OH is 1. The zero-order chi connectivity index (χ0) is 21.4. The normalized spacial score (nSPS) is 20.7. The van der Waals surface area contributed by atoms with Crippen LogP contribution in [0.15, 0.2) is 30.3 Å². The lowest BCUT2D eigenvalue weighted by atomic mass is 10.1. The summed E-state index contributed by atoms with van der Waals surface area (Å²) in [5, 5.41) is 25.4. The smallest absolute Gasteiger partial charge is 0.184 e. The maximum atomic E-state index is 10.1. The first-order valence-corrected chi connectivity index (χ1v) is 11.3. The second kappa shape index (κ2) is 8.70. The van der Waals surface area contributed by atoms with Crippen molar-refractivity contribution in [2.45, 2.75) is 19.1 Å². The Kier molecular flexibility index (Phi) is 5.79. The molecule has 31 heavy (non-hydrogen) atoms. The fraction of sp³-hybridized carbons (Fsp3) is 0.500. The topological polar surface area (TPSA) is 73.5 Å². The van der Waals surface area contributed by atoms with Crippen molar-refractivity contribution in [3.05, 3.63) is 35.4 Å². The highest BCUT2D eigenvalue weighted by Crippen LogP contribution is 2.37. The van der Waals surface area contributed by atoms with E-state index in [2.05, 4.69) is 31.9 Å². The van der Waals surface area contributed by atoms with Gasteiger partial charge in [0.05, 0.1) is 23.1 Å². The van der Waals surface area contributed by atoms with Crippen LogP contribution in [-0.2, 0) is 6.54 Å². The van der Waals surface area contributed by atoms with E-state index in [9.17, 15) is 5.11 Å². The van der Waals surface area contributed by atoms with Crippen LogP contribution in [-0.4, -0.2) is 93.8 Å². The van der Waals surface area contributed by atoms with Crippen LogP contribution in [0.3, 0.4) is 0 Å². The summed E-state index contributed by atoms with van der Waals surface area (Å²) in [6, 6.07) is 9.87. The molecular weight excluding hydrogens is 414 g/mol. The van der Waals surface area contributed by atoms with Gasteiger partial charge in [-0.3, -0.25) is 4.90 Å². The van der Waals surface area contributed by atoms with Crippen molar-refractivity contribution in [1.82, 2.24) is 29.8 Å². The summed E-state index contributed by atoms with van der Waals surface area (Å²) < 4.78 is 1.93. The molecular formula is C22H28ClN7O. The van der Waals surface area contributed by atoms with Gasteiger partial charge >= 0.3 is 0 Å². The van der Waals surface area contributed by atoms with E-state index in [0.29, 0.717) is 22.9 Å². The van der Waals surface area contributed by atoms with Gasteiger partial charge in [-0.2, -0.15) is 5.10 Å². The lowest BCUT2D eigenvalue weighted by Gasteiger charge is -2.32. The maximum Gasteiger partial charge on any atom is 0.184 e. The lowest BCUT2D eigenvalue weighted by Crippen LogP contribution is -2.45. The van der Waals surface area contributed by atoms with Crippen LogP contribution in [0.4, 0.5) is 5.82 Å². The van der Waals surface area contributed by atoms with E-state index in [1.165, 1.54) is 0 Å². The minimum Gasteiger partial charge on any atom is -0.391 e. The van der Waals surface area contributed by atoms with Crippen molar-refractivity contribution in [1.29, 1.82) is 0 Å². The Morgan fingerprint density at radius 3 is 2.52 bits per heavy atom. The molecule has 0 spiro atoms. The van der Waals surface area contributed by atoms with E-state index in [-0.39, 0.29) is 6.10 Å². The first-order chi connectivity index (χ1) is 15.1. The zero-order valence-electron chi connectivity index (χ0n) is 17.8. The average molecular weight is 442 g/mol. The van der Waals surface area contributed by atoms with Crippen LogP contribution >= 0.6 is 11.6 Å². The Balaban J connectivity index is 1.51. The highest BCUT2D eigenvalue weighted by molar-refractivity contribution is 6.38. The second-order valence-electron chi connectivity index (χ2n) is 8.51. The third kappa shape index (κ3) is 4.13. The van der Waals surface area contributed by atoms with Crippen molar-refractivity contribution < 1.29 is 5.11 Å². The third-order valence-electron chi connectivity index (χ3n) is 6.31. The van der Waals surface area contributed by atoms with Gasteiger partial charge in [0.15, 0.2) is 11.5 Å². The van der Waals surface area contributed by atoms with E-state index in [4.69, 9.17) is 16.7 Å². The van der Waals surface area contributed by atoms with Crippen LogP contribution in [0, 0.1) is 0 Å². The van der Waals surface area contributed by atoms with E-state index in [0.717, 1.165) is 69.0 Å². The molecule has 2 aliphatic heterocycles. The Morgan fingerprint density at radius 1 is 1.03 bits per heavy atom. The number of β-amino-alcohol motifs (C(OH)–C–C–N with tert-alkyl or cyclic N) is 1. The van der Waals surface area contributed by atoms with Gasteiger partial charge in [0.1, 0.15) is 5.69 Å². The number of aromatic nitrogens is 4. The van der Waals surface area contributed by atoms with Gasteiger partial charge < -0.3 is 14.9 Å². The van der Waals surface area contributed by atoms with Gasteiger partial charge in [-0.15, -0.1) is 10.2 Å². The highest BCUT2D eigenvalue weighted by Gasteiger charge is 2.28. The number of aliphatic hydroxyl groups is 1. The second-order valence-corrected chi connectivity index (χ2v) is 8.89. The van der Waals surface area contributed by atoms with Crippen LogP contribution < -0.4 is 4.90 Å². The summed E-state index contributed by atoms with van der Waals surface area (Å²) in [5.41, 5.74) is 2.30. The first-order valence-electron chi connectivity index (χ1n) is 10.9. The molecule has 1 N–H and O–H groups in total. The monoisotopic (exact) mass is 441 g/mol. The zero-order valence-corrected chi connectivity index (χ0v) is 18.5. The van der Waals surface area contributed by atoms with Crippen molar-refractivity contribution >= 4 is 28.5 Å². The molecule has 4 heterocycles. The molecule has 8 nitrogen and oxygen atoms in total. The Bertz CT molecular complexity index is 1050. The molecule has 2 fully saturated rings. The molecule has 0 aliphatic carbocycles. The summed E-state index contributed by atoms with van der Waals surface area (Å²) in [6.07, 6.45) is 0.393. The maximum absolute atomic E-state index is 10.1. The van der Waals surface area contributed by atoms with E-state index in [1.54, 1.807) is 0 Å². The van der Waals surface area contributed by atoms with Crippen LogP contribution in [0.5, 0.6) is 0 Å². The molecule has 2 saturated heterocycles. The van der Waals surface area contributed by atoms with Gasteiger partial charge in [-0.05, 0) is 13.5 Å². The molecule has 3 aromatic rings. The number of piperazine rings is 1. The largest absolute Gasteiger partial charge is 0.391 e. The highest BCUT2D eigenvalue weighted by atomic mass is 35.5. The van der Waals surface area contributed by atoms with Crippen molar-refractivity contribution in [3.63, 3.8) is 0 Å². The Morgan fingerprint density at radius 2 is 1.81 bits per heavy atom. The predicted octanol–water partition coefficient (Wildman–Crippen LogP) is 1.97. The predicted molar refractivity (Wildman–Crippen MR) is 123 cm³/mol. The quantitative estimate of drug-likeness (QED) is 0.648. The van der Waals surface area contributed by atoms with Crippen LogP contribution in [0.2, 0.25) is 5.02 Å². The van der Waals surface area contributed by atoms with E-state index >= 15 is 0 Å². The molecule has 0 radical (unpaired) electrons. The van der Waals surface area contributed by atoms with Gasteiger partial charge in [0.2, 0.25) is 0 Å². The van der Waals surface area contributed by atoms with Crippen molar-refractivity contribution in [2.24, 2.45) is 0 Å². The molecule has 9 heteroatoms. The Hall–Kier alpha value is -2.26. The Labute approximate surface area is 187 Å². The summed E-state index contributed by atoms with van der Waals surface area (Å²) >= 11 is 6.91. The van der Waals surface area contributed by atoms with E-state index < -0.39 is 0 Å². The fourth-order valence-electron chi connectivity index (χ4n) is 4.40. The van der Waals surface area contributed by atoms with Gasteiger partial charge in [-0.25, -0.2) is 4.68 Å². The number of rotatable bonds is 5. The molecule has 2 aromatic heterocycles. The number of fused-ring (bicyclic) bond motifs is 1. The van der Waals surface area contributed by atoms with Gasteiger partial charge in [0.25, 0.3) is 0 Å². The summed E-state index contributed by atoms with van der Waals surface area (Å²) in [6.45, 7) is 7.25. The number of likely N-dealkylation sites (N-methyl/N-ethyl adjacent to an activating group) is 1. The number of nitrogens with zero attached hydrogens (tertiary/aromatic N) is 7. The van der Waals surface area contributed by atoms with E-state index in [1.807, 2.05) is 35.0 Å². The number of hydrogen-bond acceptors (Lipinski definition) is 7. The molecule has 164 valence electrons. The van der Waals surface area contributed by atoms with Crippen LogP contribution in [0.1, 0.15) is 6.42 Å². The third-order valence-corrected chi connectivity index (χ3v) is 6.68. The number of anilines is 1. The molecule has 0 amide bonds. The molecule has 2 aliphatic rings. The standard InChI is InChI=1S/C22H28ClN7O/c1-27-9-11-28(12-10-27)13-14-30-21-18(22(26-30)29-8-7-17(31)15-29)19(23)20(24-25-21)16-5-3-2-4-6-16/h2-6,17,31H,7-15H2,1H3/t17-/m1/s1. The van der Waals surface area contributed by atoms with Crippen LogP contribution in [0.25, 0.3) is 22.3 Å². The molecule has 0 unspecified atom stereocenters. The minimum absolute atomic E-state index is 0.340. The lowest BCUT2D eigenvalue weighted by molar-refractivity contribution is 0.149. The molecule has 1 atom stereocenters. The SMILES string of the molecule is CN1CCN(CCn2nc(N3CC[C@@H](O)C3)c3c(Cl)c(-c4ccccc4)nnc32)CC1. The van der Waals surface area contributed by atoms with Gasteiger partial charge in [0, 0.05) is 51.4 Å². The van der Waals surface area contributed by atoms with Gasteiger partial charge in [-0.1, -0.05) is 41.9 Å². The average Bonchev–Trinajstić information content (AvgIpc) is 3.38. The first kappa shape index (κ1) is 20.6. The number of halogens is 1.